The third-order valence-electron chi connectivity index (χ3n) is 7.99. The Bertz CT molecular complexity index is 1580. The first-order valence-corrected chi connectivity index (χ1v) is 15.0. The summed E-state index contributed by atoms with van der Waals surface area (Å²) in [6, 6.07) is 28.1. The summed E-state index contributed by atoms with van der Waals surface area (Å²) < 4.78 is 0. The van der Waals surface area contributed by atoms with Gasteiger partial charge >= 0.3 is 0 Å². The normalized spacial score (nSPS) is 13.7. The van der Waals surface area contributed by atoms with Crippen molar-refractivity contribution in [2.45, 2.75) is 58.2 Å². The summed E-state index contributed by atoms with van der Waals surface area (Å²) in [6.45, 7) is 4.59. The molecule has 1 heterocycles. The lowest BCUT2D eigenvalue weighted by Crippen LogP contribution is -2.52. The number of benzene rings is 4. The Morgan fingerprint density at radius 2 is 1.64 bits per heavy atom. The van der Waals surface area contributed by atoms with Gasteiger partial charge in [-0.1, -0.05) is 91.3 Å². The van der Waals surface area contributed by atoms with Gasteiger partial charge in [0, 0.05) is 47.9 Å². The highest BCUT2D eigenvalue weighted by Crippen LogP contribution is 2.37. The maximum absolute atomic E-state index is 14.0. The van der Waals surface area contributed by atoms with Gasteiger partial charge in [0.1, 0.15) is 6.04 Å². The molecule has 1 aliphatic rings. The summed E-state index contributed by atoms with van der Waals surface area (Å²) in [4.78, 5) is 44.4. The van der Waals surface area contributed by atoms with Gasteiger partial charge in [-0.05, 0) is 54.5 Å². The van der Waals surface area contributed by atoms with Crippen molar-refractivity contribution < 1.29 is 14.4 Å². The summed E-state index contributed by atoms with van der Waals surface area (Å²) in [5.41, 5.74) is 3.31. The lowest BCUT2D eigenvalue weighted by atomic mass is 10.0. The molecule has 216 valence electrons. The Labute approximate surface area is 252 Å². The first-order chi connectivity index (χ1) is 20.4. The highest BCUT2D eigenvalue weighted by Gasteiger charge is 2.32. The van der Waals surface area contributed by atoms with Crippen LogP contribution in [0.2, 0.25) is 5.02 Å². The van der Waals surface area contributed by atoms with E-state index in [2.05, 4.69) is 5.32 Å². The zero-order chi connectivity index (χ0) is 29.6. The predicted octanol–water partition coefficient (Wildman–Crippen LogP) is 6.79. The summed E-state index contributed by atoms with van der Waals surface area (Å²) in [5, 5.41) is 5.63. The van der Waals surface area contributed by atoms with Crippen molar-refractivity contribution in [3.8, 4) is 0 Å². The van der Waals surface area contributed by atoms with Gasteiger partial charge in [0.25, 0.3) is 5.91 Å². The van der Waals surface area contributed by atoms with E-state index in [4.69, 9.17) is 11.6 Å². The fourth-order valence-electron chi connectivity index (χ4n) is 5.54. The Balaban J connectivity index is 1.38. The number of rotatable bonds is 12. The lowest BCUT2D eigenvalue weighted by molar-refractivity contribution is -0.141. The SMILES string of the molecule is CC[C@H](C)NC(=O)[C@H](Cc1ccccc1)N(Cc1ccccc1Cl)C(=O)CCCN1C(=O)c2cccc3cccc1c23. The van der Waals surface area contributed by atoms with Crippen molar-refractivity contribution in [2.75, 3.05) is 11.4 Å². The van der Waals surface area contributed by atoms with Crippen molar-refractivity contribution >= 4 is 45.8 Å². The van der Waals surface area contributed by atoms with Crippen LogP contribution in [0.15, 0.2) is 91.0 Å². The van der Waals surface area contributed by atoms with Gasteiger partial charge in [-0.3, -0.25) is 14.4 Å². The van der Waals surface area contributed by atoms with Crippen LogP contribution < -0.4 is 10.2 Å². The van der Waals surface area contributed by atoms with Crippen molar-refractivity contribution in [3.05, 3.63) is 113 Å². The van der Waals surface area contributed by atoms with Gasteiger partial charge in [-0.15, -0.1) is 0 Å². The second-order valence-corrected chi connectivity index (χ2v) is 11.3. The number of nitrogens with one attached hydrogen (secondary N) is 1. The molecule has 7 heteroatoms. The standard InChI is InChI=1S/C35H36ClN3O3/c1-3-24(2)37-34(41)31(22-25-12-5-4-6-13-25)39(23-27-14-7-8-18-29(27)36)32(40)20-11-21-38-30-19-10-16-26-15-9-17-28(33(26)30)35(38)42/h4-10,12-19,24,31H,3,11,20-23H2,1-2H3,(H,37,41)/t24-,31-/m0/s1. The van der Waals surface area contributed by atoms with E-state index in [0.717, 1.165) is 34.0 Å². The number of hydrogen-bond donors (Lipinski definition) is 1. The van der Waals surface area contributed by atoms with Crippen LogP contribution in [0, 0.1) is 0 Å². The predicted molar refractivity (Wildman–Crippen MR) is 169 cm³/mol. The molecule has 0 bridgehead atoms. The van der Waals surface area contributed by atoms with Crippen LogP contribution in [0.3, 0.4) is 0 Å². The minimum Gasteiger partial charge on any atom is -0.352 e. The molecule has 3 amide bonds. The van der Waals surface area contributed by atoms with Gasteiger partial charge in [0.05, 0.1) is 5.69 Å². The van der Waals surface area contributed by atoms with Gasteiger partial charge in [-0.25, -0.2) is 0 Å². The topological polar surface area (TPSA) is 69.7 Å². The van der Waals surface area contributed by atoms with Crippen LogP contribution in [0.4, 0.5) is 5.69 Å². The molecule has 4 aromatic rings. The minimum atomic E-state index is -0.725. The summed E-state index contributed by atoms with van der Waals surface area (Å²) in [7, 11) is 0. The molecule has 0 radical (unpaired) electrons. The summed E-state index contributed by atoms with van der Waals surface area (Å²) in [5.74, 6) is -0.389. The highest BCUT2D eigenvalue weighted by atomic mass is 35.5. The van der Waals surface area contributed by atoms with E-state index < -0.39 is 6.04 Å². The molecule has 1 aliphatic heterocycles. The van der Waals surface area contributed by atoms with Crippen LogP contribution >= 0.6 is 11.6 Å². The van der Waals surface area contributed by atoms with Gasteiger partial charge in [0.2, 0.25) is 11.8 Å². The molecular weight excluding hydrogens is 546 g/mol. The second-order valence-electron chi connectivity index (χ2n) is 10.9. The number of nitrogens with zero attached hydrogens (tertiary/aromatic N) is 2. The van der Waals surface area contributed by atoms with E-state index in [-0.39, 0.29) is 36.7 Å². The molecule has 42 heavy (non-hydrogen) atoms. The van der Waals surface area contributed by atoms with Crippen LogP contribution in [0.5, 0.6) is 0 Å². The van der Waals surface area contributed by atoms with E-state index >= 15 is 0 Å². The molecule has 0 unspecified atom stereocenters. The van der Waals surface area contributed by atoms with Gasteiger partial charge < -0.3 is 15.1 Å². The molecule has 0 saturated heterocycles. The largest absolute Gasteiger partial charge is 0.352 e. The molecule has 0 aromatic heterocycles. The smallest absolute Gasteiger partial charge is 0.258 e. The van der Waals surface area contributed by atoms with E-state index in [1.54, 1.807) is 15.9 Å². The number of halogens is 1. The molecular formula is C35H36ClN3O3. The molecule has 5 rings (SSSR count). The van der Waals surface area contributed by atoms with E-state index in [1.165, 1.54) is 0 Å². The van der Waals surface area contributed by atoms with E-state index in [0.29, 0.717) is 30.0 Å². The number of anilines is 1. The van der Waals surface area contributed by atoms with Crippen LogP contribution in [-0.4, -0.2) is 41.2 Å². The zero-order valence-electron chi connectivity index (χ0n) is 24.1. The highest BCUT2D eigenvalue weighted by molar-refractivity contribution is 6.31. The fraction of sp³-hybridized carbons (Fsp3) is 0.286. The van der Waals surface area contributed by atoms with Crippen molar-refractivity contribution in [1.82, 2.24) is 10.2 Å². The van der Waals surface area contributed by atoms with Crippen molar-refractivity contribution in [3.63, 3.8) is 0 Å². The van der Waals surface area contributed by atoms with E-state index in [9.17, 15) is 14.4 Å². The van der Waals surface area contributed by atoms with Gasteiger partial charge in [0.15, 0.2) is 0 Å². The Kier molecular flexibility index (Phi) is 9.23. The van der Waals surface area contributed by atoms with Crippen LogP contribution in [0.25, 0.3) is 10.8 Å². The molecule has 6 nitrogen and oxygen atoms in total. The zero-order valence-corrected chi connectivity index (χ0v) is 24.8. The molecule has 0 spiro atoms. The Morgan fingerprint density at radius 1 is 0.929 bits per heavy atom. The average Bonchev–Trinajstić information content (AvgIpc) is 3.28. The summed E-state index contributed by atoms with van der Waals surface area (Å²) in [6.07, 6.45) is 1.80. The Hall–Kier alpha value is -4.16. The first-order valence-electron chi connectivity index (χ1n) is 14.6. The molecule has 0 fully saturated rings. The molecule has 0 aliphatic carbocycles. The first kappa shape index (κ1) is 29.3. The maximum atomic E-state index is 14.0. The van der Waals surface area contributed by atoms with Crippen LogP contribution in [-0.2, 0) is 22.6 Å². The molecule has 1 N–H and O–H groups in total. The average molecular weight is 582 g/mol. The number of carbonyl (C=O) groups excluding carboxylic acids is 3. The van der Waals surface area contributed by atoms with E-state index in [1.807, 2.05) is 98.8 Å². The third-order valence-corrected chi connectivity index (χ3v) is 8.36. The number of amides is 3. The number of hydrogen-bond acceptors (Lipinski definition) is 3. The molecule has 4 aromatic carbocycles. The molecule has 0 saturated carbocycles. The maximum Gasteiger partial charge on any atom is 0.258 e. The Morgan fingerprint density at radius 3 is 2.38 bits per heavy atom. The fourth-order valence-corrected chi connectivity index (χ4v) is 5.73. The van der Waals surface area contributed by atoms with Crippen LogP contribution in [0.1, 0.15) is 54.6 Å². The number of carbonyl (C=O) groups is 3. The van der Waals surface area contributed by atoms with Crippen molar-refractivity contribution in [1.29, 1.82) is 0 Å². The van der Waals surface area contributed by atoms with Crippen molar-refractivity contribution in [2.24, 2.45) is 0 Å². The second kappa shape index (κ2) is 13.2. The summed E-state index contributed by atoms with van der Waals surface area (Å²) >= 11 is 6.53. The van der Waals surface area contributed by atoms with Gasteiger partial charge in [-0.2, -0.15) is 0 Å². The third kappa shape index (κ3) is 6.34. The quantitative estimate of drug-likeness (QED) is 0.200. The minimum absolute atomic E-state index is 0.0291. The lowest BCUT2D eigenvalue weighted by Gasteiger charge is -2.33. The molecule has 2 atom stereocenters. The monoisotopic (exact) mass is 581 g/mol.